The van der Waals surface area contributed by atoms with E-state index in [1.165, 1.54) is 0 Å². The summed E-state index contributed by atoms with van der Waals surface area (Å²) in [6, 6.07) is 1.95. The Hall–Kier alpha value is -1.09. The summed E-state index contributed by atoms with van der Waals surface area (Å²) in [6.07, 6.45) is 1.80. The quantitative estimate of drug-likeness (QED) is 0.450. The predicted octanol–water partition coefficient (Wildman–Crippen LogP) is 2.96. The van der Waals surface area contributed by atoms with Crippen molar-refractivity contribution in [2.75, 3.05) is 13.6 Å². The first-order valence-electron chi connectivity index (χ1n) is 4.92. The van der Waals surface area contributed by atoms with Crippen LogP contribution in [0.25, 0.3) is 0 Å². The lowest BCUT2D eigenvalue weighted by Gasteiger charge is -2.09. The molecule has 15 heavy (non-hydrogen) atoms. The van der Waals surface area contributed by atoms with Crippen molar-refractivity contribution in [2.24, 2.45) is 4.99 Å². The number of nitrogens with zero attached hydrogens (tertiary/aromatic N) is 3. The molecule has 4 heteroatoms. The Morgan fingerprint density at radius 3 is 2.80 bits per heavy atom. The van der Waals surface area contributed by atoms with Gasteiger partial charge in [-0.15, -0.1) is 0 Å². The number of hydrogen-bond acceptors (Lipinski definition) is 2. The van der Waals surface area contributed by atoms with Gasteiger partial charge in [0, 0.05) is 13.6 Å². The van der Waals surface area contributed by atoms with E-state index in [1.54, 1.807) is 6.34 Å². The molecule has 0 fully saturated rings. The monoisotopic (exact) mass is 225 g/mol. The van der Waals surface area contributed by atoms with Gasteiger partial charge in [0.05, 0.1) is 17.7 Å². The van der Waals surface area contributed by atoms with Crippen LogP contribution in [-0.2, 0) is 0 Å². The van der Waals surface area contributed by atoms with Crippen LogP contribution < -0.4 is 0 Å². The summed E-state index contributed by atoms with van der Waals surface area (Å²) in [5, 5.41) is 0.551. The standard InChI is InChI=1S/C11H16ClN3/c1-5-15(4)7-13-10-6-8(2)11(12)14-9(10)3/h6-7H,5H2,1-4H3/b13-7+. The van der Waals surface area contributed by atoms with E-state index in [4.69, 9.17) is 11.6 Å². The second kappa shape index (κ2) is 5.12. The molecule has 82 valence electrons. The van der Waals surface area contributed by atoms with Gasteiger partial charge in [-0.25, -0.2) is 9.98 Å². The van der Waals surface area contributed by atoms with Gasteiger partial charge in [0.15, 0.2) is 0 Å². The smallest absolute Gasteiger partial charge is 0.132 e. The Morgan fingerprint density at radius 1 is 1.53 bits per heavy atom. The molecule has 0 aromatic carbocycles. The topological polar surface area (TPSA) is 28.5 Å². The average molecular weight is 226 g/mol. The summed E-state index contributed by atoms with van der Waals surface area (Å²) in [5.74, 6) is 0. The number of aromatic nitrogens is 1. The van der Waals surface area contributed by atoms with Crippen LogP contribution >= 0.6 is 11.6 Å². The molecule has 1 heterocycles. The summed E-state index contributed by atoms with van der Waals surface area (Å²) >= 11 is 5.90. The fourth-order valence-corrected chi connectivity index (χ4v) is 1.22. The summed E-state index contributed by atoms with van der Waals surface area (Å²) < 4.78 is 0. The van der Waals surface area contributed by atoms with Crippen molar-refractivity contribution in [2.45, 2.75) is 20.8 Å². The maximum atomic E-state index is 5.90. The molecule has 3 nitrogen and oxygen atoms in total. The number of halogens is 1. The van der Waals surface area contributed by atoms with Gasteiger partial charge in [0.25, 0.3) is 0 Å². The highest BCUT2D eigenvalue weighted by Gasteiger charge is 2.02. The molecular formula is C11H16ClN3. The van der Waals surface area contributed by atoms with Crippen LogP contribution in [0.4, 0.5) is 5.69 Å². The van der Waals surface area contributed by atoms with E-state index in [2.05, 4.69) is 16.9 Å². The van der Waals surface area contributed by atoms with E-state index in [1.807, 2.05) is 31.9 Å². The van der Waals surface area contributed by atoms with Crippen LogP contribution in [0.3, 0.4) is 0 Å². The Morgan fingerprint density at radius 2 is 2.20 bits per heavy atom. The number of rotatable bonds is 3. The Balaban J connectivity index is 2.95. The van der Waals surface area contributed by atoms with E-state index < -0.39 is 0 Å². The molecule has 0 amide bonds. The maximum Gasteiger partial charge on any atom is 0.132 e. The zero-order chi connectivity index (χ0) is 11.4. The molecule has 0 aliphatic heterocycles. The van der Waals surface area contributed by atoms with Crippen LogP contribution in [0, 0.1) is 13.8 Å². The van der Waals surface area contributed by atoms with Crippen LogP contribution in [0.5, 0.6) is 0 Å². The molecular weight excluding hydrogens is 210 g/mol. The molecule has 0 spiro atoms. The third-order valence-corrected chi connectivity index (χ3v) is 2.59. The van der Waals surface area contributed by atoms with Gasteiger partial charge in [0.2, 0.25) is 0 Å². The van der Waals surface area contributed by atoms with Crippen molar-refractivity contribution in [1.82, 2.24) is 9.88 Å². The third-order valence-electron chi connectivity index (χ3n) is 2.21. The predicted molar refractivity (Wildman–Crippen MR) is 65.2 cm³/mol. The van der Waals surface area contributed by atoms with Gasteiger partial charge in [0.1, 0.15) is 5.15 Å². The van der Waals surface area contributed by atoms with E-state index in [0.717, 1.165) is 23.5 Å². The lowest BCUT2D eigenvalue weighted by Crippen LogP contribution is -2.14. The van der Waals surface area contributed by atoms with E-state index in [0.29, 0.717) is 5.15 Å². The van der Waals surface area contributed by atoms with Crippen LogP contribution in [-0.4, -0.2) is 29.8 Å². The number of pyridine rings is 1. The molecule has 0 saturated carbocycles. The average Bonchev–Trinajstić information content (AvgIpc) is 2.21. The SMILES string of the molecule is CCN(C)/C=N/c1cc(C)c(Cl)nc1C. The molecule has 0 radical (unpaired) electrons. The third kappa shape index (κ3) is 3.20. The molecule has 0 unspecified atom stereocenters. The summed E-state index contributed by atoms with van der Waals surface area (Å²) in [6.45, 7) is 6.84. The first kappa shape index (κ1) is 12.0. The van der Waals surface area contributed by atoms with Crippen molar-refractivity contribution in [3.63, 3.8) is 0 Å². The first-order chi connectivity index (χ1) is 7.04. The molecule has 0 aliphatic carbocycles. The Bertz CT molecular complexity index is 374. The molecule has 0 aliphatic rings. The van der Waals surface area contributed by atoms with Crippen molar-refractivity contribution >= 4 is 23.6 Å². The van der Waals surface area contributed by atoms with Gasteiger partial charge in [-0.1, -0.05) is 11.6 Å². The van der Waals surface area contributed by atoms with Gasteiger partial charge in [-0.3, -0.25) is 0 Å². The molecule has 1 aromatic rings. The highest BCUT2D eigenvalue weighted by Crippen LogP contribution is 2.22. The second-order valence-corrected chi connectivity index (χ2v) is 3.88. The minimum absolute atomic E-state index is 0.551. The van der Waals surface area contributed by atoms with Gasteiger partial charge >= 0.3 is 0 Å². The van der Waals surface area contributed by atoms with Crippen molar-refractivity contribution in [3.05, 3.63) is 22.5 Å². The van der Waals surface area contributed by atoms with Crippen molar-refractivity contribution < 1.29 is 0 Å². The van der Waals surface area contributed by atoms with E-state index >= 15 is 0 Å². The lowest BCUT2D eigenvalue weighted by molar-refractivity contribution is 0.552. The van der Waals surface area contributed by atoms with Crippen molar-refractivity contribution in [3.8, 4) is 0 Å². The molecule has 1 rings (SSSR count). The van der Waals surface area contributed by atoms with Crippen LogP contribution in [0.15, 0.2) is 11.1 Å². The minimum Gasteiger partial charge on any atom is -0.366 e. The molecule has 1 aromatic heterocycles. The fraction of sp³-hybridized carbons (Fsp3) is 0.455. The van der Waals surface area contributed by atoms with Gasteiger partial charge in [-0.05, 0) is 32.4 Å². The highest BCUT2D eigenvalue weighted by atomic mass is 35.5. The largest absolute Gasteiger partial charge is 0.366 e. The van der Waals surface area contributed by atoms with Gasteiger partial charge < -0.3 is 4.90 Å². The summed E-state index contributed by atoms with van der Waals surface area (Å²) in [5.41, 5.74) is 2.68. The van der Waals surface area contributed by atoms with E-state index in [9.17, 15) is 0 Å². The summed E-state index contributed by atoms with van der Waals surface area (Å²) in [7, 11) is 1.98. The lowest BCUT2D eigenvalue weighted by atomic mass is 10.2. The van der Waals surface area contributed by atoms with E-state index in [-0.39, 0.29) is 0 Å². The maximum absolute atomic E-state index is 5.90. The Labute approximate surface area is 95.8 Å². The zero-order valence-corrected chi connectivity index (χ0v) is 10.3. The first-order valence-corrected chi connectivity index (χ1v) is 5.30. The fourth-order valence-electron chi connectivity index (χ4n) is 1.03. The highest BCUT2D eigenvalue weighted by molar-refractivity contribution is 6.30. The molecule has 0 bridgehead atoms. The number of aryl methyl sites for hydroxylation is 2. The summed E-state index contributed by atoms with van der Waals surface area (Å²) in [4.78, 5) is 10.6. The number of hydrogen-bond donors (Lipinski definition) is 0. The van der Waals surface area contributed by atoms with Gasteiger partial charge in [-0.2, -0.15) is 0 Å². The number of aliphatic imine (C=N–C) groups is 1. The zero-order valence-electron chi connectivity index (χ0n) is 9.58. The second-order valence-electron chi connectivity index (χ2n) is 3.52. The van der Waals surface area contributed by atoms with Crippen molar-refractivity contribution in [1.29, 1.82) is 0 Å². The van der Waals surface area contributed by atoms with Crippen LogP contribution in [0.2, 0.25) is 5.15 Å². The molecule has 0 atom stereocenters. The normalized spacial score (nSPS) is 11.0. The Kier molecular flexibility index (Phi) is 4.09. The molecule has 0 saturated heterocycles. The van der Waals surface area contributed by atoms with Crippen LogP contribution in [0.1, 0.15) is 18.2 Å². The molecule has 0 N–H and O–H groups in total. The minimum atomic E-state index is 0.551.